The van der Waals surface area contributed by atoms with Crippen molar-refractivity contribution in [3.05, 3.63) is 29.0 Å². The van der Waals surface area contributed by atoms with Gasteiger partial charge >= 0.3 is 0 Å². The Balaban J connectivity index is 2.97. The van der Waals surface area contributed by atoms with E-state index in [4.69, 9.17) is 11.6 Å². The lowest BCUT2D eigenvalue weighted by molar-refractivity contribution is 0.292. The van der Waals surface area contributed by atoms with Gasteiger partial charge in [-0.2, -0.15) is 0 Å². The van der Waals surface area contributed by atoms with Crippen LogP contribution in [0.1, 0.15) is 24.9 Å². The molecule has 1 heterocycles. The summed E-state index contributed by atoms with van der Waals surface area (Å²) in [5.74, 6) is 0. The third-order valence-corrected chi connectivity index (χ3v) is 2.49. The molecular formula is C10H15ClN2. The molecule has 1 aromatic rings. The van der Waals surface area contributed by atoms with Crippen LogP contribution in [0.3, 0.4) is 0 Å². The molecular weight excluding hydrogens is 184 g/mol. The van der Waals surface area contributed by atoms with Crippen LogP contribution in [-0.4, -0.2) is 24.0 Å². The second-order valence-electron chi connectivity index (χ2n) is 3.28. The summed E-state index contributed by atoms with van der Waals surface area (Å²) in [5.41, 5.74) is 1.16. The van der Waals surface area contributed by atoms with E-state index < -0.39 is 0 Å². The Hall–Kier alpha value is -0.600. The van der Waals surface area contributed by atoms with Gasteiger partial charge in [0, 0.05) is 18.4 Å². The van der Waals surface area contributed by atoms with Gasteiger partial charge < -0.3 is 4.90 Å². The van der Waals surface area contributed by atoms with E-state index in [-0.39, 0.29) is 0 Å². The van der Waals surface area contributed by atoms with E-state index in [0.29, 0.717) is 6.04 Å². The molecule has 0 fully saturated rings. The highest BCUT2D eigenvalue weighted by atomic mass is 35.5. The Bertz CT molecular complexity index is 273. The van der Waals surface area contributed by atoms with Gasteiger partial charge in [0.1, 0.15) is 0 Å². The number of hydrogen-bond acceptors (Lipinski definition) is 2. The lowest BCUT2D eigenvalue weighted by Crippen LogP contribution is -2.19. The van der Waals surface area contributed by atoms with Crippen molar-refractivity contribution >= 4 is 11.6 Å². The summed E-state index contributed by atoms with van der Waals surface area (Å²) in [5, 5.41) is 0.753. The van der Waals surface area contributed by atoms with Gasteiger partial charge in [0.2, 0.25) is 0 Å². The van der Waals surface area contributed by atoms with Crippen molar-refractivity contribution in [3.8, 4) is 0 Å². The molecule has 0 aromatic carbocycles. The molecule has 1 atom stereocenters. The Morgan fingerprint density at radius 3 is 2.69 bits per heavy atom. The molecule has 0 aliphatic rings. The number of nitrogens with zero attached hydrogens (tertiary/aromatic N) is 2. The van der Waals surface area contributed by atoms with Crippen molar-refractivity contribution in [1.29, 1.82) is 0 Å². The van der Waals surface area contributed by atoms with E-state index in [1.54, 1.807) is 12.4 Å². The summed E-state index contributed by atoms with van der Waals surface area (Å²) in [6, 6.07) is 2.37. The van der Waals surface area contributed by atoms with Gasteiger partial charge in [-0.1, -0.05) is 18.5 Å². The van der Waals surface area contributed by atoms with Crippen molar-refractivity contribution in [3.63, 3.8) is 0 Å². The van der Waals surface area contributed by atoms with Crippen LogP contribution in [-0.2, 0) is 0 Å². The topological polar surface area (TPSA) is 16.1 Å². The van der Waals surface area contributed by atoms with Crippen molar-refractivity contribution in [2.45, 2.75) is 19.4 Å². The van der Waals surface area contributed by atoms with Crippen LogP contribution in [0, 0.1) is 0 Å². The zero-order valence-corrected chi connectivity index (χ0v) is 9.04. The number of pyridine rings is 1. The van der Waals surface area contributed by atoms with Crippen LogP contribution in [0.5, 0.6) is 0 Å². The molecule has 0 saturated heterocycles. The summed E-state index contributed by atoms with van der Waals surface area (Å²) < 4.78 is 0. The van der Waals surface area contributed by atoms with Crippen LogP contribution in [0.2, 0.25) is 5.02 Å². The van der Waals surface area contributed by atoms with Crippen molar-refractivity contribution in [2.75, 3.05) is 14.1 Å². The van der Waals surface area contributed by atoms with Gasteiger partial charge in [0.05, 0.1) is 5.02 Å². The number of aromatic nitrogens is 1. The largest absolute Gasteiger partial charge is 0.302 e. The van der Waals surface area contributed by atoms with Crippen molar-refractivity contribution in [2.24, 2.45) is 0 Å². The predicted octanol–water partition coefficient (Wildman–Crippen LogP) is 2.75. The first kappa shape index (κ1) is 10.5. The number of rotatable bonds is 3. The highest BCUT2D eigenvalue weighted by molar-refractivity contribution is 6.31. The molecule has 0 saturated carbocycles. The van der Waals surface area contributed by atoms with Crippen molar-refractivity contribution < 1.29 is 0 Å². The second kappa shape index (κ2) is 4.58. The first-order valence-electron chi connectivity index (χ1n) is 4.42. The van der Waals surface area contributed by atoms with Gasteiger partial charge in [0.15, 0.2) is 0 Å². The van der Waals surface area contributed by atoms with Crippen LogP contribution in [0.4, 0.5) is 0 Å². The quantitative estimate of drug-likeness (QED) is 0.743. The van der Waals surface area contributed by atoms with Gasteiger partial charge in [-0.3, -0.25) is 4.98 Å². The zero-order valence-electron chi connectivity index (χ0n) is 8.29. The van der Waals surface area contributed by atoms with Crippen LogP contribution < -0.4 is 0 Å². The van der Waals surface area contributed by atoms with E-state index in [1.807, 2.05) is 6.07 Å². The maximum atomic E-state index is 6.05. The minimum absolute atomic E-state index is 0.385. The fourth-order valence-corrected chi connectivity index (χ4v) is 1.76. The summed E-state index contributed by atoms with van der Waals surface area (Å²) in [6.45, 7) is 2.15. The van der Waals surface area contributed by atoms with E-state index in [1.165, 1.54) is 0 Å². The predicted molar refractivity (Wildman–Crippen MR) is 56.0 cm³/mol. The maximum Gasteiger partial charge on any atom is 0.0637 e. The Morgan fingerprint density at radius 1 is 1.54 bits per heavy atom. The second-order valence-corrected chi connectivity index (χ2v) is 3.69. The fraction of sp³-hybridized carbons (Fsp3) is 0.500. The molecule has 1 unspecified atom stereocenters. The van der Waals surface area contributed by atoms with E-state index in [0.717, 1.165) is 17.0 Å². The number of halogens is 1. The fourth-order valence-electron chi connectivity index (χ4n) is 1.52. The zero-order chi connectivity index (χ0) is 9.84. The lowest BCUT2D eigenvalue weighted by Gasteiger charge is -2.23. The molecule has 1 aromatic heterocycles. The third-order valence-electron chi connectivity index (χ3n) is 2.17. The van der Waals surface area contributed by atoms with Crippen molar-refractivity contribution in [1.82, 2.24) is 9.88 Å². The Morgan fingerprint density at radius 2 is 2.23 bits per heavy atom. The van der Waals surface area contributed by atoms with Gasteiger partial charge in [-0.15, -0.1) is 0 Å². The highest BCUT2D eigenvalue weighted by Gasteiger charge is 2.14. The Labute approximate surface area is 84.5 Å². The minimum atomic E-state index is 0.385. The van der Waals surface area contributed by atoms with Gasteiger partial charge in [-0.25, -0.2) is 0 Å². The summed E-state index contributed by atoms with van der Waals surface area (Å²) >= 11 is 6.05. The average Bonchev–Trinajstić information content (AvgIpc) is 2.09. The monoisotopic (exact) mass is 198 g/mol. The molecule has 2 nitrogen and oxygen atoms in total. The molecule has 0 amide bonds. The molecule has 0 bridgehead atoms. The molecule has 3 heteroatoms. The summed E-state index contributed by atoms with van der Waals surface area (Å²) in [6.07, 6.45) is 4.53. The summed E-state index contributed by atoms with van der Waals surface area (Å²) in [4.78, 5) is 6.14. The normalized spacial score (nSPS) is 13.3. The van der Waals surface area contributed by atoms with Gasteiger partial charge in [0.25, 0.3) is 0 Å². The summed E-state index contributed by atoms with van der Waals surface area (Å²) in [7, 11) is 4.12. The van der Waals surface area contributed by atoms with Crippen LogP contribution in [0.15, 0.2) is 18.5 Å². The average molecular weight is 199 g/mol. The lowest BCUT2D eigenvalue weighted by atomic mass is 10.1. The van der Waals surface area contributed by atoms with E-state index in [9.17, 15) is 0 Å². The highest BCUT2D eigenvalue weighted by Crippen LogP contribution is 2.27. The molecule has 0 spiro atoms. The van der Waals surface area contributed by atoms with E-state index >= 15 is 0 Å². The number of hydrogen-bond donors (Lipinski definition) is 0. The molecule has 0 N–H and O–H groups in total. The van der Waals surface area contributed by atoms with Crippen LogP contribution in [0.25, 0.3) is 0 Å². The Kier molecular flexibility index (Phi) is 3.70. The smallest absolute Gasteiger partial charge is 0.0637 e. The third kappa shape index (κ3) is 2.42. The van der Waals surface area contributed by atoms with Crippen LogP contribution >= 0.6 is 11.6 Å². The molecule has 72 valence electrons. The SMILES string of the molecule is CCC(c1ccncc1Cl)N(C)C. The maximum absolute atomic E-state index is 6.05. The van der Waals surface area contributed by atoms with E-state index in [2.05, 4.69) is 30.9 Å². The molecule has 13 heavy (non-hydrogen) atoms. The van der Waals surface area contributed by atoms with Gasteiger partial charge in [-0.05, 0) is 32.1 Å². The molecule has 0 radical (unpaired) electrons. The first-order chi connectivity index (χ1) is 6.16. The molecule has 0 aliphatic carbocycles. The standard InChI is InChI=1S/C10H15ClN2/c1-4-10(13(2)3)8-5-6-12-7-9(8)11/h5-7,10H,4H2,1-3H3. The molecule has 1 rings (SSSR count). The minimum Gasteiger partial charge on any atom is -0.302 e. The first-order valence-corrected chi connectivity index (χ1v) is 4.80. The molecule has 0 aliphatic heterocycles.